The van der Waals surface area contributed by atoms with Gasteiger partial charge in [0.25, 0.3) is 0 Å². The van der Waals surface area contributed by atoms with E-state index < -0.39 is 0 Å². The maximum Gasteiger partial charge on any atom is 0.216 e. The first kappa shape index (κ1) is 23.5. The van der Waals surface area contributed by atoms with Crippen LogP contribution in [0.5, 0.6) is 0 Å². The molecule has 0 fully saturated rings. The van der Waals surface area contributed by atoms with Crippen LogP contribution in [0.2, 0.25) is 0 Å². The van der Waals surface area contributed by atoms with Gasteiger partial charge in [-0.05, 0) is 48.5 Å². The molecular weight excluding hydrogens is 599 g/mol. The van der Waals surface area contributed by atoms with Gasteiger partial charge >= 0.3 is 0 Å². The molecule has 0 amide bonds. The maximum atomic E-state index is 5.89. The van der Waals surface area contributed by atoms with E-state index in [1.54, 1.807) is 6.20 Å². The Labute approximate surface area is 212 Å². The van der Waals surface area contributed by atoms with Gasteiger partial charge in [-0.2, -0.15) is 0 Å². The molecule has 0 saturated carbocycles. The topological polar surface area (TPSA) is 51.8 Å². The van der Waals surface area contributed by atoms with Crippen molar-refractivity contribution in [3.8, 4) is 22.5 Å². The third-order valence-corrected chi connectivity index (χ3v) is 5.27. The molecule has 4 aromatic heterocycles. The number of aromatic nitrogens is 3. The van der Waals surface area contributed by atoms with Gasteiger partial charge in [0.15, 0.2) is 0 Å². The summed E-state index contributed by atoms with van der Waals surface area (Å²) in [6, 6.07) is 30.2. The predicted octanol–water partition coefficient (Wildman–Crippen LogP) is 7.01. The fourth-order valence-corrected chi connectivity index (χ4v) is 3.56. The minimum Gasteiger partial charge on any atom is -0.486 e. The Balaban J connectivity index is 0.000000171. The summed E-state index contributed by atoms with van der Waals surface area (Å²) in [5.74, 6) is 0. The van der Waals surface area contributed by atoms with Gasteiger partial charge in [0.1, 0.15) is 0 Å². The number of fused-ring (bicyclic) bond motifs is 3. The Hall–Kier alpha value is -3.66. The van der Waals surface area contributed by atoms with E-state index in [2.05, 4.69) is 33.2 Å². The van der Waals surface area contributed by atoms with E-state index in [1.807, 2.05) is 93.0 Å². The number of pyridine rings is 3. The molecule has 4 nitrogen and oxygen atoms in total. The summed E-state index contributed by atoms with van der Waals surface area (Å²) in [5.41, 5.74) is 7.51. The quantitative estimate of drug-likeness (QED) is 0.196. The molecule has 6 aromatic rings. The van der Waals surface area contributed by atoms with Crippen LogP contribution >= 0.6 is 0 Å². The molecule has 1 radical (unpaired) electrons. The first-order valence-corrected chi connectivity index (χ1v) is 10.7. The van der Waals surface area contributed by atoms with Crippen LogP contribution in [0.1, 0.15) is 11.1 Å². The number of benzene rings is 2. The Kier molecular flexibility index (Phi) is 7.27. The molecule has 4 heterocycles. The van der Waals surface area contributed by atoms with Gasteiger partial charge < -0.3 is 14.4 Å². The fraction of sp³-hybridized carbons (Fsp3) is 0.0690. The Morgan fingerprint density at radius 1 is 0.676 bits per heavy atom. The Bertz CT molecular complexity index is 1510. The molecule has 0 N–H and O–H groups in total. The molecule has 2 aromatic carbocycles. The maximum absolute atomic E-state index is 5.89. The molecule has 0 atom stereocenters. The van der Waals surface area contributed by atoms with E-state index in [1.165, 1.54) is 5.56 Å². The zero-order valence-electron chi connectivity index (χ0n) is 18.7. The smallest absolute Gasteiger partial charge is 0.216 e. The van der Waals surface area contributed by atoms with Gasteiger partial charge in [0.2, 0.25) is 5.71 Å². The van der Waals surface area contributed by atoms with Crippen LogP contribution in [0.4, 0.5) is 0 Å². The van der Waals surface area contributed by atoms with Crippen LogP contribution in [0.15, 0.2) is 95.8 Å². The monoisotopic (exact) mass is 620 g/mol. The number of nitrogens with zero attached hydrogens (tertiary/aromatic N) is 3. The Morgan fingerprint density at radius 3 is 2.12 bits per heavy atom. The van der Waals surface area contributed by atoms with Crippen molar-refractivity contribution >= 4 is 22.1 Å². The van der Waals surface area contributed by atoms with E-state index in [4.69, 9.17) is 4.42 Å². The van der Waals surface area contributed by atoms with Crippen molar-refractivity contribution in [3.05, 3.63) is 115 Å². The summed E-state index contributed by atoms with van der Waals surface area (Å²) in [6.45, 7) is 4.05. The average molecular weight is 620 g/mol. The van der Waals surface area contributed by atoms with Crippen LogP contribution in [-0.2, 0) is 20.1 Å². The minimum absolute atomic E-state index is 0. The number of furan rings is 1. The van der Waals surface area contributed by atoms with Crippen molar-refractivity contribution < 1.29 is 24.5 Å². The van der Waals surface area contributed by atoms with Crippen molar-refractivity contribution in [2.24, 2.45) is 0 Å². The van der Waals surface area contributed by atoms with Crippen LogP contribution in [0.25, 0.3) is 44.6 Å². The Morgan fingerprint density at radius 2 is 1.44 bits per heavy atom. The van der Waals surface area contributed by atoms with E-state index in [0.29, 0.717) is 5.71 Å². The zero-order chi connectivity index (χ0) is 22.6. The summed E-state index contributed by atoms with van der Waals surface area (Å²) in [5, 5.41) is 2.06. The van der Waals surface area contributed by atoms with E-state index >= 15 is 0 Å². The summed E-state index contributed by atoms with van der Waals surface area (Å²) >= 11 is 0. The van der Waals surface area contributed by atoms with Gasteiger partial charge in [0.05, 0.1) is 5.58 Å². The molecule has 5 heteroatoms. The summed E-state index contributed by atoms with van der Waals surface area (Å²) in [7, 11) is 0. The third-order valence-electron chi connectivity index (χ3n) is 5.27. The molecule has 0 bridgehead atoms. The van der Waals surface area contributed by atoms with Gasteiger partial charge in [-0.25, -0.2) is 4.98 Å². The minimum atomic E-state index is 0. The van der Waals surface area contributed by atoms with Crippen molar-refractivity contribution in [2.45, 2.75) is 13.8 Å². The van der Waals surface area contributed by atoms with Crippen molar-refractivity contribution in [3.63, 3.8) is 0 Å². The molecular formula is C29H21IrN3O-2. The largest absolute Gasteiger partial charge is 0.486 e. The van der Waals surface area contributed by atoms with E-state index in [0.717, 1.165) is 44.4 Å². The molecule has 0 spiro atoms. The first-order chi connectivity index (χ1) is 16.2. The molecule has 169 valence electrons. The first-order valence-electron chi connectivity index (χ1n) is 10.7. The fourth-order valence-electron chi connectivity index (χ4n) is 3.56. The van der Waals surface area contributed by atoms with Gasteiger partial charge in [0, 0.05) is 44.1 Å². The molecule has 0 unspecified atom stereocenters. The standard InChI is InChI=1S/C17H11N2O.C12H10N.Ir/c1-11-7-8-15(19-10-11)14-5-2-4-12-13-6-3-9-18-17(13)20-16(12)14;1-10-7-8-12(13-9-10)11-5-3-2-4-6-11;/h2-4,6-10H,1H3;2-5,7-9H,1H3;/q2*-1;. The zero-order valence-corrected chi connectivity index (χ0v) is 21.1. The second kappa shape index (κ2) is 10.5. The van der Waals surface area contributed by atoms with Gasteiger partial charge in [-0.1, -0.05) is 35.2 Å². The summed E-state index contributed by atoms with van der Waals surface area (Å²) in [6.07, 6.45) is 5.46. The summed E-state index contributed by atoms with van der Waals surface area (Å²) in [4.78, 5) is 13.0. The average Bonchev–Trinajstić information content (AvgIpc) is 3.25. The third kappa shape index (κ3) is 4.96. The van der Waals surface area contributed by atoms with E-state index in [-0.39, 0.29) is 20.1 Å². The molecule has 0 aliphatic heterocycles. The molecule has 6 rings (SSSR count). The second-order valence-corrected chi connectivity index (χ2v) is 7.77. The van der Waals surface area contributed by atoms with Crippen LogP contribution in [-0.4, -0.2) is 15.0 Å². The van der Waals surface area contributed by atoms with Crippen molar-refractivity contribution in [2.75, 3.05) is 0 Å². The molecule has 0 aliphatic rings. The van der Waals surface area contributed by atoms with Crippen LogP contribution < -0.4 is 0 Å². The van der Waals surface area contributed by atoms with Crippen LogP contribution in [0.3, 0.4) is 0 Å². The number of hydrogen-bond acceptors (Lipinski definition) is 4. The van der Waals surface area contributed by atoms with Crippen molar-refractivity contribution in [1.82, 2.24) is 15.0 Å². The SMILES string of the molecule is Cc1ccc(-c2[c-]ccc3c2oc2ncccc23)nc1.Cc1ccc(-c2[c-]cccc2)nc1.[Ir]. The second-order valence-electron chi connectivity index (χ2n) is 7.77. The predicted molar refractivity (Wildman–Crippen MR) is 132 cm³/mol. The number of rotatable bonds is 2. The summed E-state index contributed by atoms with van der Waals surface area (Å²) < 4.78 is 5.89. The number of aryl methyl sites for hydroxylation is 2. The normalized spacial score (nSPS) is 10.4. The van der Waals surface area contributed by atoms with E-state index in [9.17, 15) is 0 Å². The molecule has 0 saturated heterocycles. The molecule has 34 heavy (non-hydrogen) atoms. The molecule has 0 aliphatic carbocycles. The number of hydrogen-bond donors (Lipinski definition) is 0. The van der Waals surface area contributed by atoms with Gasteiger partial charge in [-0.15, -0.1) is 54.1 Å². The van der Waals surface area contributed by atoms with Gasteiger partial charge in [-0.3, -0.25) is 0 Å². The van der Waals surface area contributed by atoms with Crippen molar-refractivity contribution in [1.29, 1.82) is 0 Å². The van der Waals surface area contributed by atoms with Crippen LogP contribution in [0, 0.1) is 26.0 Å².